The Morgan fingerprint density at radius 3 is 2.60 bits per heavy atom. The van der Waals surface area contributed by atoms with Gasteiger partial charge < -0.3 is 4.74 Å². The van der Waals surface area contributed by atoms with Gasteiger partial charge in [-0.15, -0.1) is 0 Å². The molecule has 0 amide bonds. The first-order valence-electron chi connectivity index (χ1n) is 14.6. The molecule has 4 fully saturated rings. The van der Waals surface area contributed by atoms with E-state index in [1.165, 1.54) is 17.0 Å². The lowest BCUT2D eigenvalue weighted by Crippen LogP contribution is -2.51. The van der Waals surface area contributed by atoms with Gasteiger partial charge in [0.25, 0.3) is 0 Å². The van der Waals surface area contributed by atoms with Gasteiger partial charge in [0.05, 0.1) is 36.6 Å². The van der Waals surface area contributed by atoms with Crippen LogP contribution in [0.4, 0.5) is 17.6 Å². The molecule has 4 unspecified atom stereocenters. The van der Waals surface area contributed by atoms with Crippen molar-refractivity contribution in [3.05, 3.63) is 40.1 Å². The van der Waals surface area contributed by atoms with Gasteiger partial charge in [-0.05, 0) is 62.6 Å². The minimum absolute atomic E-state index is 0.00460. The second kappa shape index (κ2) is 11.0. The Morgan fingerprint density at radius 1 is 1.15 bits per heavy atom. The highest BCUT2D eigenvalue weighted by atomic mass is 19.4. The van der Waals surface area contributed by atoms with E-state index in [0.717, 1.165) is 29.7 Å². The lowest BCUT2D eigenvalue weighted by molar-refractivity contribution is -0.136. The first kappa shape index (κ1) is 28.1. The third-order valence-corrected chi connectivity index (χ3v) is 9.60. The number of hydrogen-bond acceptors (Lipinski definition) is 6. The second-order valence-electron chi connectivity index (χ2n) is 12.4. The van der Waals surface area contributed by atoms with E-state index in [-0.39, 0.29) is 36.0 Å². The van der Waals surface area contributed by atoms with Crippen molar-refractivity contribution in [2.45, 2.75) is 82.7 Å². The van der Waals surface area contributed by atoms with Crippen molar-refractivity contribution in [2.75, 3.05) is 33.4 Å². The molecular formula is C28H40F4N6O2. The molecule has 2 aliphatic carbocycles. The Morgan fingerprint density at radius 2 is 1.95 bits per heavy atom. The van der Waals surface area contributed by atoms with Crippen molar-refractivity contribution in [1.29, 1.82) is 0 Å². The largest absolute Gasteiger partial charge is 0.418 e. The summed E-state index contributed by atoms with van der Waals surface area (Å²) in [5.74, 6) is 0.702. The van der Waals surface area contributed by atoms with Gasteiger partial charge in [-0.25, -0.2) is 20.0 Å². The second-order valence-corrected chi connectivity index (χ2v) is 12.4. The van der Waals surface area contributed by atoms with Crippen LogP contribution in [0.1, 0.15) is 62.6 Å². The number of rotatable bonds is 6. The fraction of sp³-hybridized carbons (Fsp3) is 0.750. The van der Waals surface area contributed by atoms with Gasteiger partial charge in [0.2, 0.25) is 0 Å². The summed E-state index contributed by atoms with van der Waals surface area (Å²) in [6.45, 7) is 4.66. The van der Waals surface area contributed by atoms with Crippen molar-refractivity contribution in [2.24, 2.45) is 17.8 Å². The molecule has 0 bridgehead atoms. The number of pyridine rings is 1. The summed E-state index contributed by atoms with van der Waals surface area (Å²) >= 11 is 0. The average Bonchev–Trinajstić information content (AvgIpc) is 3.42. The standard InChI is InChI=1S/C28H40F4N6O2/c1-17-12-36(6-7-40-17)13-18-8-23(28(30,31)32)24-15-37(27(39)38(24)14-18)22-10-20(9-21(29)11-22)25(19-4-3-5-19)26-34-33-16-35(26)2/h8,14-15,17,19-22,25-26,33-34H,3-7,9-13,16H2,1-2H3/t17-,20?,21?,22?,25+,26?/m1/s1. The van der Waals surface area contributed by atoms with Crippen LogP contribution in [0.25, 0.3) is 5.52 Å². The molecular weight excluding hydrogens is 528 g/mol. The van der Waals surface area contributed by atoms with Crippen LogP contribution in [0.3, 0.4) is 0 Å². The number of nitrogens with one attached hydrogen (secondary N) is 2. The fourth-order valence-corrected chi connectivity index (χ4v) is 7.53. The van der Waals surface area contributed by atoms with Crippen LogP contribution in [0.2, 0.25) is 0 Å². The fourth-order valence-electron chi connectivity index (χ4n) is 7.53. The van der Waals surface area contributed by atoms with E-state index in [0.29, 0.717) is 57.2 Å². The molecule has 2 saturated carbocycles. The van der Waals surface area contributed by atoms with Gasteiger partial charge in [-0.3, -0.25) is 18.8 Å². The number of imidazole rings is 1. The predicted molar refractivity (Wildman–Crippen MR) is 142 cm³/mol. The van der Waals surface area contributed by atoms with E-state index < -0.39 is 29.6 Å². The molecule has 2 N–H and O–H groups in total. The number of hydrogen-bond donors (Lipinski definition) is 2. The van der Waals surface area contributed by atoms with E-state index in [9.17, 15) is 18.0 Å². The third-order valence-electron chi connectivity index (χ3n) is 9.60. The zero-order valence-corrected chi connectivity index (χ0v) is 23.2. The molecule has 4 heterocycles. The van der Waals surface area contributed by atoms with E-state index in [4.69, 9.17) is 4.74 Å². The lowest BCUT2D eigenvalue weighted by atomic mass is 9.64. The number of ether oxygens (including phenoxy) is 1. The highest BCUT2D eigenvalue weighted by molar-refractivity contribution is 5.56. The van der Waals surface area contributed by atoms with Gasteiger partial charge in [0, 0.05) is 38.1 Å². The maximum atomic E-state index is 15.3. The molecule has 2 aromatic rings. The lowest BCUT2D eigenvalue weighted by Gasteiger charge is -2.46. The topological polar surface area (TPSA) is 66.2 Å². The molecule has 4 aliphatic rings. The van der Waals surface area contributed by atoms with Crippen LogP contribution < -0.4 is 16.5 Å². The highest BCUT2D eigenvalue weighted by Crippen LogP contribution is 2.47. The average molecular weight is 569 g/mol. The van der Waals surface area contributed by atoms with Crippen LogP contribution >= 0.6 is 0 Å². The van der Waals surface area contributed by atoms with E-state index in [1.807, 2.05) is 18.9 Å². The summed E-state index contributed by atoms with van der Waals surface area (Å²) in [5.41, 5.74) is 5.44. The Kier molecular flexibility index (Phi) is 7.75. The van der Waals surface area contributed by atoms with Crippen LogP contribution in [0.5, 0.6) is 0 Å². The Bertz CT molecular complexity index is 1260. The van der Waals surface area contributed by atoms with Gasteiger partial charge in [-0.1, -0.05) is 19.3 Å². The predicted octanol–water partition coefficient (Wildman–Crippen LogP) is 3.76. The molecule has 2 saturated heterocycles. The van der Waals surface area contributed by atoms with E-state index in [2.05, 4.69) is 15.8 Å². The molecule has 6 atom stereocenters. The van der Waals surface area contributed by atoms with Crippen LogP contribution in [0, 0.1) is 17.8 Å². The molecule has 6 rings (SSSR count). The molecule has 222 valence electrons. The van der Waals surface area contributed by atoms with Gasteiger partial charge in [0.15, 0.2) is 0 Å². The maximum Gasteiger partial charge on any atom is 0.418 e. The molecule has 2 aliphatic heterocycles. The first-order valence-corrected chi connectivity index (χ1v) is 14.6. The summed E-state index contributed by atoms with van der Waals surface area (Å²) in [7, 11) is 2.04. The number of alkyl halides is 4. The zero-order chi connectivity index (χ0) is 28.2. The summed E-state index contributed by atoms with van der Waals surface area (Å²) < 4.78 is 66.2. The zero-order valence-electron chi connectivity index (χ0n) is 23.2. The highest BCUT2D eigenvalue weighted by Gasteiger charge is 2.45. The maximum absolute atomic E-state index is 15.3. The molecule has 0 spiro atoms. The summed E-state index contributed by atoms with van der Waals surface area (Å²) in [6.07, 6.45) is 1.65. The number of morpholine rings is 1. The normalized spacial score (nSPS) is 32.0. The number of nitrogens with zero attached hydrogens (tertiary/aromatic N) is 4. The Labute approximate surface area is 231 Å². The molecule has 40 heavy (non-hydrogen) atoms. The van der Waals surface area contributed by atoms with Crippen LogP contribution in [0.15, 0.2) is 23.3 Å². The van der Waals surface area contributed by atoms with Crippen molar-refractivity contribution >= 4 is 5.52 Å². The Balaban J connectivity index is 1.33. The Hall–Kier alpha value is -1.99. The molecule has 8 nitrogen and oxygen atoms in total. The van der Waals surface area contributed by atoms with Crippen molar-refractivity contribution in [1.82, 2.24) is 29.6 Å². The number of halogens is 4. The first-order chi connectivity index (χ1) is 19.1. The minimum atomic E-state index is -4.63. The third kappa shape index (κ3) is 5.45. The SMILES string of the molecule is C[C@@H]1CN(Cc2cc(C(F)(F)F)c3cn(C4CC(F)CC([C@H](C5CCC5)C5NNCN5C)C4)c(=O)n3c2)CCO1. The van der Waals surface area contributed by atoms with Crippen molar-refractivity contribution in [3.63, 3.8) is 0 Å². The monoisotopic (exact) mass is 568 g/mol. The number of aromatic nitrogens is 2. The summed E-state index contributed by atoms with van der Waals surface area (Å²) in [5, 5.41) is 0. The van der Waals surface area contributed by atoms with E-state index in [1.54, 1.807) is 0 Å². The molecule has 0 radical (unpaired) electrons. The van der Waals surface area contributed by atoms with Gasteiger partial charge in [-0.2, -0.15) is 13.2 Å². The number of hydrazine groups is 1. The molecule has 2 aromatic heterocycles. The van der Waals surface area contributed by atoms with Gasteiger partial charge in [0.1, 0.15) is 6.17 Å². The molecule has 12 heteroatoms. The smallest absolute Gasteiger partial charge is 0.376 e. The van der Waals surface area contributed by atoms with Gasteiger partial charge >= 0.3 is 11.9 Å². The summed E-state index contributed by atoms with van der Waals surface area (Å²) in [6, 6.07) is 0.662. The number of fused-ring (bicyclic) bond motifs is 1. The van der Waals surface area contributed by atoms with Crippen LogP contribution in [-0.4, -0.2) is 70.6 Å². The van der Waals surface area contributed by atoms with Crippen molar-refractivity contribution < 1.29 is 22.3 Å². The summed E-state index contributed by atoms with van der Waals surface area (Å²) in [4.78, 5) is 17.9. The molecule has 0 aromatic carbocycles. The van der Waals surface area contributed by atoms with Crippen molar-refractivity contribution in [3.8, 4) is 0 Å². The van der Waals surface area contributed by atoms with E-state index >= 15 is 4.39 Å². The minimum Gasteiger partial charge on any atom is -0.376 e. The van der Waals surface area contributed by atoms with Crippen LogP contribution in [-0.2, 0) is 17.5 Å². The quantitative estimate of drug-likeness (QED) is 0.518.